The number of nitrogens with zero attached hydrogens (tertiary/aromatic N) is 6. The summed E-state index contributed by atoms with van der Waals surface area (Å²) in [5.41, 5.74) is 4.25. The number of hydrogen-bond donors (Lipinski definition) is 2. The molecule has 0 radical (unpaired) electrons. The Labute approximate surface area is 172 Å². The van der Waals surface area contributed by atoms with E-state index in [-0.39, 0.29) is 11.6 Å². The van der Waals surface area contributed by atoms with Crippen molar-refractivity contribution in [2.24, 2.45) is 0 Å². The number of carbonyl (C=O) groups is 1. The lowest BCUT2D eigenvalue weighted by Gasteiger charge is -2.12. The summed E-state index contributed by atoms with van der Waals surface area (Å²) in [6.07, 6.45) is 11.8. The fraction of sp³-hybridized carbons (Fsp3) is 0.190. The summed E-state index contributed by atoms with van der Waals surface area (Å²) in [4.78, 5) is 38.5. The topological polar surface area (TPSA) is 118 Å². The molecule has 1 saturated carbocycles. The largest absolute Gasteiger partial charge is 0.347 e. The summed E-state index contributed by atoms with van der Waals surface area (Å²) >= 11 is 0. The molecule has 30 heavy (non-hydrogen) atoms. The van der Waals surface area contributed by atoms with Crippen LogP contribution in [0.1, 0.15) is 40.5 Å². The lowest BCUT2D eigenvalue weighted by molar-refractivity contribution is 0.0946. The van der Waals surface area contributed by atoms with Gasteiger partial charge in [0.25, 0.3) is 5.91 Å². The summed E-state index contributed by atoms with van der Waals surface area (Å²) < 4.78 is 0. The van der Waals surface area contributed by atoms with E-state index in [1.807, 2.05) is 18.2 Å². The number of amides is 1. The van der Waals surface area contributed by atoms with Gasteiger partial charge in [-0.1, -0.05) is 6.07 Å². The standard InChI is InChI=1S/C21H18N8O/c30-21(27-8-13-1-4-16-17(7-13)25-6-5-24-16)19-20(28-15-9-22-12-23-10-15)26-11-18(29-19)14-2-3-14/h1,4-7,9-12,14H,2-3,8H2,(H,26,28)(H,27,30). The summed E-state index contributed by atoms with van der Waals surface area (Å²) in [6, 6.07) is 5.72. The lowest BCUT2D eigenvalue weighted by Crippen LogP contribution is -2.25. The summed E-state index contributed by atoms with van der Waals surface area (Å²) in [7, 11) is 0. The molecule has 1 amide bonds. The zero-order valence-electron chi connectivity index (χ0n) is 16.0. The second-order valence-electron chi connectivity index (χ2n) is 7.08. The first-order chi connectivity index (χ1) is 14.8. The monoisotopic (exact) mass is 398 g/mol. The molecule has 5 rings (SSSR count). The molecule has 2 N–H and O–H groups in total. The smallest absolute Gasteiger partial charge is 0.274 e. The number of benzene rings is 1. The van der Waals surface area contributed by atoms with Gasteiger partial charge in [-0.25, -0.2) is 19.9 Å². The molecule has 1 aliphatic rings. The number of carbonyl (C=O) groups excluding carboxylic acids is 1. The number of fused-ring (bicyclic) bond motifs is 1. The molecule has 9 nitrogen and oxygen atoms in total. The van der Waals surface area contributed by atoms with Crippen molar-refractivity contribution in [3.63, 3.8) is 0 Å². The first-order valence-corrected chi connectivity index (χ1v) is 9.63. The maximum absolute atomic E-state index is 13.0. The van der Waals surface area contributed by atoms with E-state index in [4.69, 9.17) is 0 Å². The Balaban J connectivity index is 1.38. The zero-order chi connectivity index (χ0) is 20.3. The number of nitrogens with one attached hydrogen (secondary N) is 2. The van der Waals surface area contributed by atoms with Crippen LogP contribution in [-0.4, -0.2) is 35.8 Å². The van der Waals surface area contributed by atoms with Crippen LogP contribution in [0.15, 0.2) is 55.5 Å². The van der Waals surface area contributed by atoms with E-state index in [9.17, 15) is 4.79 Å². The van der Waals surface area contributed by atoms with Crippen LogP contribution >= 0.6 is 0 Å². The average Bonchev–Trinajstić information content (AvgIpc) is 3.64. The van der Waals surface area contributed by atoms with E-state index < -0.39 is 0 Å². The second kappa shape index (κ2) is 7.78. The average molecular weight is 398 g/mol. The van der Waals surface area contributed by atoms with Crippen LogP contribution in [0.5, 0.6) is 0 Å². The van der Waals surface area contributed by atoms with Gasteiger partial charge < -0.3 is 10.6 Å². The van der Waals surface area contributed by atoms with Crippen LogP contribution in [0.25, 0.3) is 11.0 Å². The molecule has 0 spiro atoms. The number of rotatable bonds is 6. The van der Waals surface area contributed by atoms with E-state index in [0.29, 0.717) is 24.0 Å². The Kier molecular flexibility index (Phi) is 4.68. The third-order valence-corrected chi connectivity index (χ3v) is 4.81. The lowest BCUT2D eigenvalue weighted by atomic mass is 10.2. The quantitative estimate of drug-likeness (QED) is 0.509. The Hall–Kier alpha value is -4.01. The van der Waals surface area contributed by atoms with Crippen molar-refractivity contribution in [1.29, 1.82) is 0 Å². The third-order valence-electron chi connectivity index (χ3n) is 4.81. The summed E-state index contributed by atoms with van der Waals surface area (Å²) in [5.74, 6) is 0.455. The minimum atomic E-state index is -0.302. The van der Waals surface area contributed by atoms with Crippen LogP contribution in [0, 0.1) is 0 Å². The van der Waals surface area contributed by atoms with Crippen LogP contribution < -0.4 is 10.6 Å². The summed E-state index contributed by atoms with van der Waals surface area (Å²) in [6.45, 7) is 0.342. The minimum absolute atomic E-state index is 0.254. The van der Waals surface area contributed by atoms with Crippen molar-refractivity contribution in [2.45, 2.75) is 25.3 Å². The third kappa shape index (κ3) is 3.90. The Morgan fingerprint density at radius 2 is 1.80 bits per heavy atom. The first kappa shape index (κ1) is 18.0. The van der Waals surface area contributed by atoms with Gasteiger partial charge in [-0.2, -0.15) is 0 Å². The highest BCUT2D eigenvalue weighted by Crippen LogP contribution is 2.39. The van der Waals surface area contributed by atoms with Crippen LogP contribution in [-0.2, 0) is 6.54 Å². The van der Waals surface area contributed by atoms with Crippen LogP contribution in [0.4, 0.5) is 11.5 Å². The number of hydrogen-bond acceptors (Lipinski definition) is 8. The van der Waals surface area contributed by atoms with Gasteiger partial charge in [0.2, 0.25) is 0 Å². The van der Waals surface area contributed by atoms with E-state index in [0.717, 1.165) is 35.1 Å². The molecule has 4 aromatic rings. The van der Waals surface area contributed by atoms with Crippen molar-refractivity contribution in [3.05, 3.63) is 72.5 Å². The van der Waals surface area contributed by atoms with Crippen molar-refractivity contribution < 1.29 is 4.79 Å². The molecule has 3 aromatic heterocycles. The molecule has 0 unspecified atom stereocenters. The predicted octanol–water partition coefficient (Wildman–Crippen LogP) is 2.76. The van der Waals surface area contributed by atoms with Crippen molar-refractivity contribution in [1.82, 2.24) is 35.2 Å². The van der Waals surface area contributed by atoms with Crippen molar-refractivity contribution >= 4 is 28.4 Å². The molecule has 3 heterocycles. The predicted molar refractivity (Wildman–Crippen MR) is 110 cm³/mol. The molecule has 0 bridgehead atoms. The molecular formula is C21H18N8O. The maximum atomic E-state index is 13.0. The van der Waals surface area contributed by atoms with Crippen molar-refractivity contribution in [3.8, 4) is 0 Å². The van der Waals surface area contributed by atoms with Crippen LogP contribution in [0.3, 0.4) is 0 Å². The normalized spacial score (nSPS) is 13.2. The number of aromatic nitrogens is 6. The van der Waals surface area contributed by atoms with E-state index in [1.165, 1.54) is 6.33 Å². The Morgan fingerprint density at radius 3 is 2.60 bits per heavy atom. The zero-order valence-corrected chi connectivity index (χ0v) is 16.0. The summed E-state index contributed by atoms with van der Waals surface area (Å²) in [5, 5.41) is 6.02. The highest BCUT2D eigenvalue weighted by Gasteiger charge is 2.27. The van der Waals surface area contributed by atoms with E-state index in [1.54, 1.807) is 31.0 Å². The molecule has 1 aliphatic carbocycles. The Morgan fingerprint density at radius 1 is 1.00 bits per heavy atom. The fourth-order valence-electron chi connectivity index (χ4n) is 3.11. The fourth-order valence-corrected chi connectivity index (χ4v) is 3.11. The minimum Gasteiger partial charge on any atom is -0.347 e. The van der Waals surface area contributed by atoms with Crippen LogP contribution in [0.2, 0.25) is 0 Å². The van der Waals surface area contributed by atoms with Gasteiger partial charge >= 0.3 is 0 Å². The highest BCUT2D eigenvalue weighted by atomic mass is 16.1. The van der Waals surface area contributed by atoms with Gasteiger partial charge in [-0.15, -0.1) is 0 Å². The molecule has 1 fully saturated rings. The van der Waals surface area contributed by atoms with Gasteiger partial charge in [0.05, 0.1) is 41.0 Å². The molecule has 0 atom stereocenters. The molecule has 9 heteroatoms. The van der Waals surface area contributed by atoms with Crippen molar-refractivity contribution in [2.75, 3.05) is 5.32 Å². The molecule has 1 aromatic carbocycles. The molecule has 0 aliphatic heterocycles. The van der Waals surface area contributed by atoms with Gasteiger partial charge in [-0.05, 0) is 30.5 Å². The molecule has 148 valence electrons. The van der Waals surface area contributed by atoms with Gasteiger partial charge in [0, 0.05) is 24.9 Å². The Bertz CT molecular complexity index is 1210. The first-order valence-electron chi connectivity index (χ1n) is 9.63. The molecule has 0 saturated heterocycles. The SMILES string of the molecule is O=C(NCc1ccc2nccnc2c1)c1nc(C2CC2)cnc1Nc1cncnc1. The van der Waals surface area contributed by atoms with Gasteiger partial charge in [0.15, 0.2) is 11.5 Å². The van der Waals surface area contributed by atoms with Gasteiger partial charge in [0.1, 0.15) is 6.33 Å². The molecular weight excluding hydrogens is 380 g/mol. The van der Waals surface area contributed by atoms with E-state index in [2.05, 4.69) is 40.5 Å². The maximum Gasteiger partial charge on any atom is 0.274 e. The van der Waals surface area contributed by atoms with E-state index >= 15 is 0 Å². The number of anilines is 2. The van der Waals surface area contributed by atoms with Gasteiger partial charge in [-0.3, -0.25) is 14.8 Å². The highest BCUT2D eigenvalue weighted by molar-refractivity contribution is 5.97. The second-order valence-corrected chi connectivity index (χ2v) is 7.08.